The predicted molar refractivity (Wildman–Crippen MR) is 75.0 cm³/mol. The molecule has 2 rings (SSSR count). The number of halogens is 1. The third kappa shape index (κ3) is 3.07. The zero-order valence-corrected chi connectivity index (χ0v) is 11.7. The quantitative estimate of drug-likeness (QED) is 0.648. The van der Waals surface area contributed by atoms with Crippen molar-refractivity contribution >= 4 is 11.6 Å². The van der Waals surface area contributed by atoms with Gasteiger partial charge in [-0.25, -0.2) is 0 Å². The van der Waals surface area contributed by atoms with Crippen molar-refractivity contribution in [2.75, 3.05) is 7.11 Å². The molecule has 0 aliphatic carbocycles. The number of hydrogen-bond donors (Lipinski definition) is 2. The number of nitrogens with zero attached hydrogens (tertiary/aromatic N) is 2. The van der Waals surface area contributed by atoms with E-state index in [1.165, 1.54) is 0 Å². The van der Waals surface area contributed by atoms with Crippen LogP contribution in [0.1, 0.15) is 17.3 Å². The van der Waals surface area contributed by atoms with Gasteiger partial charge in [-0.15, -0.1) is 0 Å². The highest BCUT2D eigenvalue weighted by Gasteiger charge is 2.16. The zero-order chi connectivity index (χ0) is 13.8. The lowest BCUT2D eigenvalue weighted by Crippen LogP contribution is -2.31. The topological polar surface area (TPSA) is 65.1 Å². The molecular formula is C13H17ClN4O. The largest absolute Gasteiger partial charge is 0.496 e. The van der Waals surface area contributed by atoms with Gasteiger partial charge in [-0.2, -0.15) is 5.10 Å². The Labute approximate surface area is 117 Å². The van der Waals surface area contributed by atoms with E-state index in [-0.39, 0.29) is 6.04 Å². The van der Waals surface area contributed by atoms with Crippen molar-refractivity contribution in [3.05, 3.63) is 46.7 Å². The number of rotatable bonds is 5. The Bertz CT molecular complexity index is 555. The Morgan fingerprint density at radius 3 is 2.84 bits per heavy atom. The SMILES string of the molecule is COc1ccc(Cl)cc1CC(NN)c1ccnn1C. The molecule has 0 radical (unpaired) electrons. The first-order chi connectivity index (χ1) is 9.15. The summed E-state index contributed by atoms with van der Waals surface area (Å²) in [5, 5.41) is 4.83. The molecule has 1 unspecified atom stereocenters. The number of hydrazine groups is 1. The van der Waals surface area contributed by atoms with Crippen LogP contribution in [0.4, 0.5) is 0 Å². The summed E-state index contributed by atoms with van der Waals surface area (Å²) in [6.45, 7) is 0. The second-order valence-corrected chi connectivity index (χ2v) is 4.70. The minimum Gasteiger partial charge on any atom is -0.496 e. The van der Waals surface area contributed by atoms with Crippen molar-refractivity contribution in [1.82, 2.24) is 15.2 Å². The number of methoxy groups -OCH3 is 1. The molecule has 1 atom stereocenters. The van der Waals surface area contributed by atoms with Gasteiger partial charge in [-0.05, 0) is 36.2 Å². The van der Waals surface area contributed by atoms with Crippen LogP contribution in [-0.2, 0) is 13.5 Å². The summed E-state index contributed by atoms with van der Waals surface area (Å²) in [5.41, 5.74) is 4.81. The maximum Gasteiger partial charge on any atom is 0.122 e. The second-order valence-electron chi connectivity index (χ2n) is 4.26. The van der Waals surface area contributed by atoms with Crippen LogP contribution in [-0.4, -0.2) is 16.9 Å². The fourth-order valence-electron chi connectivity index (χ4n) is 2.10. The average Bonchev–Trinajstić information content (AvgIpc) is 2.82. The van der Waals surface area contributed by atoms with Crippen LogP contribution in [0.15, 0.2) is 30.5 Å². The van der Waals surface area contributed by atoms with Gasteiger partial charge >= 0.3 is 0 Å². The van der Waals surface area contributed by atoms with Crippen LogP contribution >= 0.6 is 11.6 Å². The Balaban J connectivity index is 2.28. The molecule has 0 aliphatic rings. The van der Waals surface area contributed by atoms with Gasteiger partial charge in [0, 0.05) is 18.3 Å². The van der Waals surface area contributed by atoms with Gasteiger partial charge in [0.2, 0.25) is 0 Å². The van der Waals surface area contributed by atoms with Crippen LogP contribution in [0.3, 0.4) is 0 Å². The van der Waals surface area contributed by atoms with Gasteiger partial charge in [0.05, 0.1) is 18.8 Å². The van der Waals surface area contributed by atoms with Crippen molar-refractivity contribution in [2.24, 2.45) is 12.9 Å². The minimum atomic E-state index is -0.0557. The maximum atomic E-state index is 6.03. The number of aromatic nitrogens is 2. The molecule has 102 valence electrons. The molecule has 1 aromatic carbocycles. The van der Waals surface area contributed by atoms with Gasteiger partial charge in [-0.3, -0.25) is 16.0 Å². The molecule has 0 bridgehead atoms. The summed E-state index contributed by atoms with van der Waals surface area (Å²) in [6.07, 6.45) is 2.41. The Kier molecular flexibility index (Phi) is 4.42. The monoisotopic (exact) mass is 280 g/mol. The summed E-state index contributed by atoms with van der Waals surface area (Å²) in [7, 11) is 3.52. The molecule has 0 saturated carbocycles. The molecule has 0 fully saturated rings. The summed E-state index contributed by atoms with van der Waals surface area (Å²) in [5.74, 6) is 6.44. The highest BCUT2D eigenvalue weighted by molar-refractivity contribution is 6.30. The first-order valence-corrected chi connectivity index (χ1v) is 6.30. The van der Waals surface area contributed by atoms with Gasteiger partial charge in [0.1, 0.15) is 5.75 Å². The second kappa shape index (κ2) is 6.06. The lowest BCUT2D eigenvalue weighted by atomic mass is 10.0. The number of hydrogen-bond acceptors (Lipinski definition) is 4. The van der Waals surface area contributed by atoms with Gasteiger partial charge in [0.25, 0.3) is 0 Å². The fourth-order valence-corrected chi connectivity index (χ4v) is 2.30. The predicted octanol–water partition coefficient (Wildman–Crippen LogP) is 1.83. The van der Waals surface area contributed by atoms with Gasteiger partial charge in [0.15, 0.2) is 0 Å². The molecule has 1 aromatic heterocycles. The molecule has 0 saturated heterocycles. The summed E-state index contributed by atoms with van der Waals surface area (Å²) in [4.78, 5) is 0. The molecule has 1 heterocycles. The van der Waals surface area contributed by atoms with E-state index in [0.717, 1.165) is 17.0 Å². The van der Waals surface area contributed by atoms with Crippen molar-refractivity contribution in [2.45, 2.75) is 12.5 Å². The van der Waals surface area contributed by atoms with E-state index in [1.807, 2.05) is 25.2 Å². The van der Waals surface area contributed by atoms with Crippen LogP contribution < -0.4 is 16.0 Å². The van der Waals surface area contributed by atoms with Crippen LogP contribution in [0.25, 0.3) is 0 Å². The van der Waals surface area contributed by atoms with E-state index in [9.17, 15) is 0 Å². The van der Waals surface area contributed by atoms with E-state index < -0.39 is 0 Å². The highest BCUT2D eigenvalue weighted by Crippen LogP contribution is 2.27. The van der Waals surface area contributed by atoms with Crippen molar-refractivity contribution < 1.29 is 4.74 Å². The smallest absolute Gasteiger partial charge is 0.122 e. The number of nitrogens with one attached hydrogen (secondary N) is 1. The standard InChI is InChI=1S/C13H17ClN4O/c1-18-12(5-6-16-18)11(17-15)8-9-7-10(14)3-4-13(9)19-2/h3-7,11,17H,8,15H2,1-2H3. The minimum absolute atomic E-state index is 0.0557. The van der Waals surface area contributed by atoms with Crippen LogP contribution in [0, 0.1) is 0 Å². The first kappa shape index (κ1) is 13.9. The van der Waals surface area contributed by atoms with Crippen molar-refractivity contribution in [1.29, 1.82) is 0 Å². The molecule has 3 N–H and O–H groups in total. The molecular weight excluding hydrogens is 264 g/mol. The lowest BCUT2D eigenvalue weighted by Gasteiger charge is -2.18. The number of aryl methyl sites for hydroxylation is 1. The van der Waals surface area contributed by atoms with E-state index >= 15 is 0 Å². The van der Waals surface area contributed by atoms with Crippen LogP contribution in [0.2, 0.25) is 5.02 Å². The molecule has 19 heavy (non-hydrogen) atoms. The average molecular weight is 281 g/mol. The van der Waals surface area contributed by atoms with E-state index in [1.54, 1.807) is 24.1 Å². The molecule has 0 amide bonds. The zero-order valence-electron chi connectivity index (χ0n) is 10.9. The number of ether oxygens (including phenoxy) is 1. The molecule has 5 nitrogen and oxygen atoms in total. The normalized spacial score (nSPS) is 12.4. The Morgan fingerprint density at radius 1 is 1.47 bits per heavy atom. The Hall–Kier alpha value is -1.56. The summed E-state index contributed by atoms with van der Waals surface area (Å²) >= 11 is 6.03. The van der Waals surface area contributed by atoms with Crippen molar-refractivity contribution in [3.63, 3.8) is 0 Å². The van der Waals surface area contributed by atoms with E-state index in [2.05, 4.69) is 10.5 Å². The molecule has 0 spiro atoms. The van der Waals surface area contributed by atoms with Crippen molar-refractivity contribution in [3.8, 4) is 5.75 Å². The molecule has 6 heteroatoms. The third-order valence-electron chi connectivity index (χ3n) is 3.08. The third-order valence-corrected chi connectivity index (χ3v) is 3.32. The first-order valence-electron chi connectivity index (χ1n) is 5.92. The molecule has 2 aromatic rings. The molecule has 0 aliphatic heterocycles. The van der Waals surface area contributed by atoms with Gasteiger partial charge < -0.3 is 4.74 Å². The van der Waals surface area contributed by atoms with E-state index in [0.29, 0.717) is 11.4 Å². The Morgan fingerprint density at radius 2 is 2.26 bits per heavy atom. The maximum absolute atomic E-state index is 6.03. The fraction of sp³-hybridized carbons (Fsp3) is 0.308. The lowest BCUT2D eigenvalue weighted by molar-refractivity contribution is 0.404. The number of benzene rings is 1. The summed E-state index contributed by atoms with van der Waals surface area (Å²) in [6, 6.07) is 7.43. The number of nitrogens with two attached hydrogens (primary N) is 1. The van der Waals surface area contributed by atoms with Crippen LogP contribution in [0.5, 0.6) is 5.75 Å². The van der Waals surface area contributed by atoms with Gasteiger partial charge in [-0.1, -0.05) is 11.6 Å². The summed E-state index contributed by atoms with van der Waals surface area (Å²) < 4.78 is 7.14. The van der Waals surface area contributed by atoms with E-state index in [4.69, 9.17) is 22.2 Å². The highest BCUT2D eigenvalue weighted by atomic mass is 35.5.